The predicted octanol–water partition coefficient (Wildman–Crippen LogP) is 3.54. The molecular weight excluding hydrogens is 356 g/mol. The minimum absolute atomic E-state index is 0.0867. The van der Waals surface area contributed by atoms with Crippen molar-refractivity contribution < 1.29 is 19.2 Å². The molecule has 0 aromatic heterocycles. The maximum absolute atomic E-state index is 13.0. The van der Waals surface area contributed by atoms with Gasteiger partial charge in [0.15, 0.2) is 5.78 Å². The van der Waals surface area contributed by atoms with Crippen LogP contribution in [0.2, 0.25) is 0 Å². The molecule has 1 heterocycles. The first-order valence-electron chi connectivity index (χ1n) is 9.18. The smallest absolute Gasteiger partial charge is 0.262 e. The number of anilines is 1. The Hall–Kier alpha value is -3.28. The molecule has 0 aliphatic carbocycles. The van der Waals surface area contributed by atoms with Crippen LogP contribution in [0.5, 0.6) is 0 Å². The minimum atomic E-state index is -0.937. The van der Waals surface area contributed by atoms with Crippen molar-refractivity contribution in [3.05, 3.63) is 65.2 Å². The van der Waals surface area contributed by atoms with Gasteiger partial charge in [0, 0.05) is 11.3 Å². The summed E-state index contributed by atoms with van der Waals surface area (Å²) in [5, 5.41) is 2.75. The number of benzene rings is 2. The molecule has 0 saturated carbocycles. The lowest BCUT2D eigenvalue weighted by Gasteiger charge is -2.26. The first kappa shape index (κ1) is 19.5. The minimum Gasteiger partial charge on any atom is -0.324 e. The lowest BCUT2D eigenvalue weighted by atomic mass is 10.0. The summed E-state index contributed by atoms with van der Waals surface area (Å²) in [6.45, 7) is 5.30. The number of Topliss-reactive ketones (excluding diaryl/α,β-unsaturated/α-hetero) is 1. The second kappa shape index (κ2) is 7.76. The quantitative estimate of drug-likeness (QED) is 0.616. The Morgan fingerprint density at radius 3 is 2.11 bits per heavy atom. The third-order valence-electron chi connectivity index (χ3n) is 4.67. The van der Waals surface area contributed by atoms with Gasteiger partial charge >= 0.3 is 0 Å². The first-order chi connectivity index (χ1) is 13.3. The van der Waals surface area contributed by atoms with Gasteiger partial charge in [-0.05, 0) is 43.5 Å². The average Bonchev–Trinajstić information content (AvgIpc) is 2.91. The maximum atomic E-state index is 13.0. The monoisotopic (exact) mass is 378 g/mol. The van der Waals surface area contributed by atoms with Gasteiger partial charge in [-0.2, -0.15) is 0 Å². The summed E-state index contributed by atoms with van der Waals surface area (Å²) in [5.74, 6) is -1.40. The molecule has 0 bridgehead atoms. The topological polar surface area (TPSA) is 83.6 Å². The van der Waals surface area contributed by atoms with E-state index in [0.29, 0.717) is 28.8 Å². The van der Waals surface area contributed by atoms with E-state index < -0.39 is 23.8 Å². The number of hydrogen-bond acceptors (Lipinski definition) is 4. The van der Waals surface area contributed by atoms with E-state index in [2.05, 4.69) is 5.32 Å². The molecule has 2 aromatic carbocycles. The molecule has 0 spiro atoms. The average molecular weight is 378 g/mol. The fraction of sp³-hybridized carbons (Fsp3) is 0.273. The summed E-state index contributed by atoms with van der Waals surface area (Å²) in [6.07, 6.45) is 0.337. The zero-order valence-electron chi connectivity index (χ0n) is 16.1. The van der Waals surface area contributed by atoms with Crippen molar-refractivity contribution in [3.63, 3.8) is 0 Å². The number of amides is 3. The van der Waals surface area contributed by atoms with Crippen molar-refractivity contribution in [2.45, 2.75) is 33.2 Å². The van der Waals surface area contributed by atoms with E-state index in [1.165, 1.54) is 6.92 Å². The number of rotatable bonds is 6. The highest BCUT2D eigenvalue weighted by Gasteiger charge is 2.42. The molecule has 1 aliphatic heterocycles. The SMILES string of the molecule is CC(=O)c1cccc(NC(=O)[C@H](CC(C)C)N2C(=O)c3ccccc3C2=O)c1. The molecule has 6 nitrogen and oxygen atoms in total. The van der Waals surface area contributed by atoms with E-state index in [1.807, 2.05) is 13.8 Å². The number of hydrogen-bond donors (Lipinski definition) is 1. The second-order valence-electron chi connectivity index (χ2n) is 7.30. The van der Waals surface area contributed by atoms with Gasteiger partial charge in [0.1, 0.15) is 6.04 Å². The Morgan fingerprint density at radius 1 is 0.964 bits per heavy atom. The van der Waals surface area contributed by atoms with Crippen LogP contribution in [0.25, 0.3) is 0 Å². The molecule has 0 radical (unpaired) electrons. The lowest BCUT2D eigenvalue weighted by molar-refractivity contribution is -0.120. The van der Waals surface area contributed by atoms with Gasteiger partial charge in [-0.3, -0.25) is 24.1 Å². The molecule has 6 heteroatoms. The molecule has 0 saturated heterocycles. The summed E-state index contributed by atoms with van der Waals surface area (Å²) in [4.78, 5) is 51.3. The van der Waals surface area contributed by atoms with Crippen LogP contribution < -0.4 is 5.32 Å². The maximum Gasteiger partial charge on any atom is 0.262 e. The summed E-state index contributed by atoms with van der Waals surface area (Å²) >= 11 is 0. The van der Waals surface area contributed by atoms with Crippen LogP contribution in [0.4, 0.5) is 5.69 Å². The summed E-state index contributed by atoms with van der Waals surface area (Å²) in [7, 11) is 0. The number of carbonyl (C=O) groups is 4. The van der Waals surface area contributed by atoms with Crippen molar-refractivity contribution in [2.24, 2.45) is 5.92 Å². The summed E-state index contributed by atoms with van der Waals surface area (Å²) < 4.78 is 0. The number of fused-ring (bicyclic) bond motifs is 1. The van der Waals surface area contributed by atoms with Gasteiger partial charge in [0.2, 0.25) is 5.91 Å². The van der Waals surface area contributed by atoms with E-state index in [0.717, 1.165) is 4.90 Å². The van der Waals surface area contributed by atoms with Crippen LogP contribution in [-0.4, -0.2) is 34.4 Å². The van der Waals surface area contributed by atoms with Crippen molar-refractivity contribution in [1.29, 1.82) is 0 Å². The fourth-order valence-electron chi connectivity index (χ4n) is 3.31. The van der Waals surface area contributed by atoms with Gasteiger partial charge in [-0.25, -0.2) is 0 Å². The zero-order chi connectivity index (χ0) is 20.4. The molecule has 1 N–H and O–H groups in total. The number of nitrogens with one attached hydrogen (secondary N) is 1. The van der Waals surface area contributed by atoms with Gasteiger partial charge in [0.05, 0.1) is 11.1 Å². The van der Waals surface area contributed by atoms with Crippen molar-refractivity contribution >= 4 is 29.2 Å². The molecule has 2 aromatic rings. The molecule has 3 rings (SSSR count). The van der Waals surface area contributed by atoms with Gasteiger partial charge < -0.3 is 5.32 Å². The molecular formula is C22H22N2O4. The fourth-order valence-corrected chi connectivity index (χ4v) is 3.31. The largest absolute Gasteiger partial charge is 0.324 e. The van der Waals surface area contributed by atoms with E-state index in [-0.39, 0.29) is 11.7 Å². The van der Waals surface area contributed by atoms with E-state index in [1.54, 1.807) is 48.5 Å². The summed E-state index contributed by atoms with van der Waals surface area (Å²) in [6, 6.07) is 12.2. The lowest BCUT2D eigenvalue weighted by Crippen LogP contribution is -2.47. The molecule has 0 fully saturated rings. The third-order valence-corrected chi connectivity index (χ3v) is 4.67. The Morgan fingerprint density at radius 2 is 1.57 bits per heavy atom. The molecule has 3 amide bonds. The highest BCUT2D eigenvalue weighted by molar-refractivity contribution is 6.23. The van der Waals surface area contributed by atoms with Crippen LogP contribution in [0, 0.1) is 5.92 Å². The number of ketones is 1. The van der Waals surface area contributed by atoms with Gasteiger partial charge in [0.25, 0.3) is 11.8 Å². The summed E-state index contributed by atoms with van der Waals surface area (Å²) in [5.41, 5.74) is 1.54. The molecule has 1 atom stereocenters. The molecule has 28 heavy (non-hydrogen) atoms. The Labute approximate surface area is 163 Å². The normalized spacial score (nSPS) is 14.2. The highest BCUT2D eigenvalue weighted by Crippen LogP contribution is 2.27. The zero-order valence-corrected chi connectivity index (χ0v) is 16.1. The van der Waals surface area contributed by atoms with Crippen molar-refractivity contribution in [1.82, 2.24) is 4.90 Å². The van der Waals surface area contributed by atoms with Crippen molar-refractivity contribution in [2.75, 3.05) is 5.32 Å². The molecule has 1 aliphatic rings. The number of nitrogens with zero attached hydrogens (tertiary/aromatic N) is 1. The van der Waals surface area contributed by atoms with Crippen molar-refractivity contribution in [3.8, 4) is 0 Å². The van der Waals surface area contributed by atoms with Crippen LogP contribution in [-0.2, 0) is 4.79 Å². The van der Waals surface area contributed by atoms with Gasteiger partial charge in [-0.15, -0.1) is 0 Å². The Balaban J connectivity index is 1.90. The van der Waals surface area contributed by atoms with E-state index in [9.17, 15) is 19.2 Å². The van der Waals surface area contributed by atoms with Crippen LogP contribution in [0.3, 0.4) is 0 Å². The standard InChI is InChI=1S/C22H22N2O4/c1-13(2)11-19(20(26)23-16-8-6-7-15(12-16)14(3)25)24-21(27)17-9-4-5-10-18(17)22(24)28/h4-10,12-13,19H,11H2,1-3H3,(H,23,26)/t19-/m0/s1. The highest BCUT2D eigenvalue weighted by atomic mass is 16.2. The number of carbonyl (C=O) groups excluding carboxylic acids is 4. The molecule has 0 unspecified atom stereocenters. The first-order valence-corrected chi connectivity index (χ1v) is 9.18. The van der Waals surface area contributed by atoms with Crippen LogP contribution >= 0.6 is 0 Å². The van der Waals surface area contributed by atoms with E-state index >= 15 is 0 Å². The Kier molecular flexibility index (Phi) is 5.40. The van der Waals surface area contributed by atoms with E-state index in [4.69, 9.17) is 0 Å². The number of imide groups is 1. The van der Waals surface area contributed by atoms with Crippen LogP contribution in [0.1, 0.15) is 58.3 Å². The Bertz CT molecular complexity index is 930. The van der Waals surface area contributed by atoms with Crippen LogP contribution in [0.15, 0.2) is 48.5 Å². The third kappa shape index (κ3) is 3.71. The molecule has 144 valence electrons. The predicted molar refractivity (Wildman–Crippen MR) is 105 cm³/mol. The van der Waals surface area contributed by atoms with Gasteiger partial charge in [-0.1, -0.05) is 38.1 Å². The second-order valence-corrected chi connectivity index (χ2v) is 7.30.